The van der Waals surface area contributed by atoms with E-state index < -0.39 is 0 Å². The third-order valence-corrected chi connectivity index (χ3v) is 5.23. The molecule has 0 N–H and O–H groups in total. The molecule has 4 rings (SSSR count). The van der Waals surface area contributed by atoms with Gasteiger partial charge in [-0.05, 0) is 30.3 Å². The summed E-state index contributed by atoms with van der Waals surface area (Å²) in [5, 5.41) is 12.8. The molecular formula is C22H22ClN5O4. The highest BCUT2D eigenvalue weighted by Crippen LogP contribution is 2.24. The fourth-order valence-corrected chi connectivity index (χ4v) is 3.54. The number of rotatable bonds is 7. The van der Waals surface area contributed by atoms with Crippen molar-refractivity contribution in [2.75, 3.05) is 26.3 Å². The molecule has 0 saturated carbocycles. The standard InChI is InChI=1S/C22H22ClN5O4/c1-15(29)19-11-17(23)7-8-20(19)32-14-18-12-27(9-10-31-18)21(30)13-28-25-22(24-26-28)16-5-3-2-4-6-16/h2-8,11,18H,9-10,12-14H2,1H3. The van der Waals surface area contributed by atoms with Crippen molar-refractivity contribution in [2.24, 2.45) is 0 Å². The van der Waals surface area contributed by atoms with Gasteiger partial charge in [0.05, 0.1) is 18.7 Å². The van der Waals surface area contributed by atoms with Crippen LogP contribution in [0.5, 0.6) is 5.75 Å². The third kappa shape index (κ3) is 5.30. The van der Waals surface area contributed by atoms with Gasteiger partial charge in [-0.1, -0.05) is 41.9 Å². The van der Waals surface area contributed by atoms with Crippen LogP contribution in [0.4, 0.5) is 0 Å². The van der Waals surface area contributed by atoms with Gasteiger partial charge < -0.3 is 14.4 Å². The van der Waals surface area contributed by atoms with E-state index in [1.807, 2.05) is 30.3 Å². The number of Topliss-reactive ketones (excluding diaryl/α,β-unsaturated/α-hetero) is 1. The predicted molar refractivity (Wildman–Crippen MR) is 117 cm³/mol. The van der Waals surface area contributed by atoms with Gasteiger partial charge in [0.25, 0.3) is 0 Å². The molecule has 9 nitrogen and oxygen atoms in total. The van der Waals surface area contributed by atoms with Crippen LogP contribution in [0.15, 0.2) is 48.5 Å². The number of benzene rings is 2. The molecule has 1 fully saturated rings. The topological polar surface area (TPSA) is 99.4 Å². The molecule has 0 radical (unpaired) electrons. The van der Waals surface area contributed by atoms with Crippen molar-refractivity contribution in [1.82, 2.24) is 25.1 Å². The van der Waals surface area contributed by atoms with E-state index in [4.69, 9.17) is 21.1 Å². The summed E-state index contributed by atoms with van der Waals surface area (Å²) >= 11 is 5.97. The summed E-state index contributed by atoms with van der Waals surface area (Å²) in [6.45, 7) is 2.86. The highest BCUT2D eigenvalue weighted by molar-refractivity contribution is 6.31. The third-order valence-electron chi connectivity index (χ3n) is 5.00. The van der Waals surface area contributed by atoms with Crippen molar-refractivity contribution in [3.05, 3.63) is 59.1 Å². The average molecular weight is 456 g/mol. The molecule has 2 aromatic carbocycles. The second-order valence-corrected chi connectivity index (χ2v) is 7.79. The van der Waals surface area contributed by atoms with Gasteiger partial charge in [0, 0.05) is 17.1 Å². The van der Waals surface area contributed by atoms with E-state index in [0.717, 1.165) is 5.56 Å². The van der Waals surface area contributed by atoms with E-state index in [1.165, 1.54) is 11.7 Å². The molecule has 0 spiro atoms. The van der Waals surface area contributed by atoms with Gasteiger partial charge in [0.1, 0.15) is 25.0 Å². The first-order valence-electron chi connectivity index (χ1n) is 10.2. The zero-order valence-electron chi connectivity index (χ0n) is 17.5. The number of hydrogen-bond donors (Lipinski definition) is 0. The Morgan fingerprint density at radius 3 is 2.81 bits per heavy atom. The van der Waals surface area contributed by atoms with Crippen molar-refractivity contribution in [3.63, 3.8) is 0 Å². The molecule has 1 unspecified atom stereocenters. The quantitative estimate of drug-likeness (QED) is 0.504. The fourth-order valence-electron chi connectivity index (χ4n) is 3.37. The summed E-state index contributed by atoms with van der Waals surface area (Å²) in [6.07, 6.45) is -0.327. The van der Waals surface area contributed by atoms with Crippen LogP contribution in [-0.4, -0.2) is 69.2 Å². The van der Waals surface area contributed by atoms with Gasteiger partial charge in [-0.3, -0.25) is 9.59 Å². The largest absolute Gasteiger partial charge is 0.490 e. The molecule has 1 saturated heterocycles. The number of ether oxygens (including phenoxy) is 2. The molecule has 3 aromatic rings. The lowest BCUT2D eigenvalue weighted by Crippen LogP contribution is -2.48. The second-order valence-electron chi connectivity index (χ2n) is 7.35. The van der Waals surface area contributed by atoms with E-state index in [9.17, 15) is 9.59 Å². The first-order valence-corrected chi connectivity index (χ1v) is 10.5. The van der Waals surface area contributed by atoms with Gasteiger partial charge in [0.2, 0.25) is 11.7 Å². The Labute approximate surface area is 189 Å². The molecule has 166 valence electrons. The van der Waals surface area contributed by atoms with Gasteiger partial charge in [-0.15, -0.1) is 10.2 Å². The van der Waals surface area contributed by atoms with Crippen molar-refractivity contribution < 1.29 is 19.1 Å². The fraction of sp³-hybridized carbons (Fsp3) is 0.318. The molecule has 1 amide bonds. The van der Waals surface area contributed by atoms with Crippen LogP contribution in [0.3, 0.4) is 0 Å². The van der Waals surface area contributed by atoms with Crippen LogP contribution in [0.25, 0.3) is 11.4 Å². The number of halogens is 1. The second kappa shape index (κ2) is 9.88. The SMILES string of the molecule is CC(=O)c1cc(Cl)ccc1OCC1CN(C(=O)Cn2nnc(-c3ccccc3)n2)CCO1. The number of aromatic nitrogens is 4. The highest BCUT2D eigenvalue weighted by atomic mass is 35.5. The first kappa shape index (κ1) is 21.9. The number of morpholine rings is 1. The number of amides is 1. The van der Waals surface area contributed by atoms with Gasteiger partial charge in [0.15, 0.2) is 5.78 Å². The molecule has 2 heterocycles. The lowest BCUT2D eigenvalue weighted by Gasteiger charge is -2.32. The number of carbonyl (C=O) groups excluding carboxylic acids is 2. The zero-order valence-corrected chi connectivity index (χ0v) is 18.2. The van der Waals surface area contributed by atoms with Crippen LogP contribution in [0.2, 0.25) is 5.02 Å². The van der Waals surface area contributed by atoms with E-state index in [-0.39, 0.29) is 30.9 Å². The van der Waals surface area contributed by atoms with Gasteiger partial charge in [-0.25, -0.2) is 0 Å². The Balaban J connectivity index is 1.34. The van der Waals surface area contributed by atoms with Crippen LogP contribution >= 0.6 is 11.6 Å². The minimum atomic E-state index is -0.327. The number of hydrogen-bond acceptors (Lipinski definition) is 7. The summed E-state index contributed by atoms with van der Waals surface area (Å²) < 4.78 is 11.5. The average Bonchev–Trinajstić information content (AvgIpc) is 3.27. The van der Waals surface area contributed by atoms with E-state index in [2.05, 4.69) is 15.4 Å². The van der Waals surface area contributed by atoms with Gasteiger partial charge in [-0.2, -0.15) is 4.80 Å². The normalized spacial score (nSPS) is 16.1. The van der Waals surface area contributed by atoms with Crippen LogP contribution in [0, 0.1) is 0 Å². The molecule has 1 aliphatic rings. The van der Waals surface area contributed by atoms with Crippen molar-refractivity contribution in [1.29, 1.82) is 0 Å². The van der Waals surface area contributed by atoms with Crippen molar-refractivity contribution in [2.45, 2.75) is 19.6 Å². The number of nitrogens with zero attached hydrogens (tertiary/aromatic N) is 5. The summed E-state index contributed by atoms with van der Waals surface area (Å²) in [6, 6.07) is 14.3. The van der Waals surface area contributed by atoms with Gasteiger partial charge >= 0.3 is 0 Å². The Morgan fingerprint density at radius 1 is 1.22 bits per heavy atom. The molecule has 1 aliphatic heterocycles. The lowest BCUT2D eigenvalue weighted by molar-refractivity contribution is -0.141. The maximum atomic E-state index is 12.8. The minimum absolute atomic E-state index is 0.0148. The molecule has 0 bridgehead atoms. The smallest absolute Gasteiger partial charge is 0.246 e. The van der Waals surface area contributed by atoms with Crippen LogP contribution < -0.4 is 4.74 Å². The predicted octanol–water partition coefficient (Wildman–Crippen LogP) is 2.50. The van der Waals surface area contributed by atoms with Crippen LogP contribution in [-0.2, 0) is 16.1 Å². The van der Waals surface area contributed by atoms with E-state index >= 15 is 0 Å². The van der Waals surface area contributed by atoms with Crippen molar-refractivity contribution in [3.8, 4) is 17.1 Å². The Hall–Kier alpha value is -3.30. The summed E-state index contributed by atoms with van der Waals surface area (Å²) in [7, 11) is 0. The number of ketones is 1. The Morgan fingerprint density at radius 2 is 2.03 bits per heavy atom. The Bertz CT molecular complexity index is 1100. The summed E-state index contributed by atoms with van der Waals surface area (Å²) in [5.74, 6) is 0.635. The van der Waals surface area contributed by atoms with E-state index in [0.29, 0.717) is 41.9 Å². The van der Waals surface area contributed by atoms with Crippen LogP contribution in [0.1, 0.15) is 17.3 Å². The first-order chi connectivity index (χ1) is 15.5. The number of carbonyl (C=O) groups is 2. The lowest BCUT2D eigenvalue weighted by atomic mass is 10.1. The minimum Gasteiger partial charge on any atom is -0.490 e. The van der Waals surface area contributed by atoms with E-state index in [1.54, 1.807) is 23.1 Å². The number of tetrazole rings is 1. The molecular weight excluding hydrogens is 434 g/mol. The molecule has 32 heavy (non-hydrogen) atoms. The van der Waals surface area contributed by atoms with Crippen molar-refractivity contribution >= 4 is 23.3 Å². The Kier molecular flexibility index (Phi) is 6.77. The molecule has 1 atom stereocenters. The molecule has 0 aliphatic carbocycles. The summed E-state index contributed by atoms with van der Waals surface area (Å²) in [5.41, 5.74) is 1.25. The zero-order chi connectivity index (χ0) is 22.5. The highest BCUT2D eigenvalue weighted by Gasteiger charge is 2.26. The molecule has 10 heteroatoms. The maximum Gasteiger partial charge on any atom is 0.246 e. The molecule has 1 aromatic heterocycles. The summed E-state index contributed by atoms with van der Waals surface area (Å²) in [4.78, 5) is 27.6. The monoisotopic (exact) mass is 455 g/mol. The maximum absolute atomic E-state index is 12.8.